The Balaban J connectivity index is 1.56. The van der Waals surface area contributed by atoms with Gasteiger partial charge in [0.1, 0.15) is 5.75 Å². The lowest BCUT2D eigenvalue weighted by Crippen LogP contribution is -2.48. The lowest BCUT2D eigenvalue weighted by Gasteiger charge is -2.36. The second-order valence-electron chi connectivity index (χ2n) is 7.00. The van der Waals surface area contributed by atoms with Crippen molar-refractivity contribution in [3.05, 3.63) is 53.6 Å². The molecule has 0 saturated carbocycles. The van der Waals surface area contributed by atoms with Gasteiger partial charge in [-0.15, -0.1) is 0 Å². The van der Waals surface area contributed by atoms with E-state index in [-0.39, 0.29) is 5.91 Å². The number of para-hydroxylation sites is 2. The molecule has 0 unspecified atom stereocenters. The molecule has 0 spiro atoms. The summed E-state index contributed by atoms with van der Waals surface area (Å²) in [6.45, 7) is 5.42. The molecule has 154 valence electrons. The van der Waals surface area contributed by atoms with Crippen LogP contribution in [0.5, 0.6) is 5.75 Å². The summed E-state index contributed by atoms with van der Waals surface area (Å²) >= 11 is 0. The van der Waals surface area contributed by atoms with Crippen LogP contribution in [0.25, 0.3) is 0 Å². The van der Waals surface area contributed by atoms with Crippen LogP contribution in [0, 0.1) is 6.92 Å². The van der Waals surface area contributed by atoms with Crippen LogP contribution in [-0.4, -0.2) is 63.7 Å². The van der Waals surface area contributed by atoms with E-state index in [0.29, 0.717) is 17.8 Å². The highest BCUT2D eigenvalue weighted by atomic mass is 16.5. The number of anilines is 2. The van der Waals surface area contributed by atoms with Crippen molar-refractivity contribution < 1.29 is 19.1 Å². The number of aryl methyl sites for hydroxylation is 1. The number of methoxy groups -OCH3 is 2. The van der Waals surface area contributed by atoms with Gasteiger partial charge in [-0.25, -0.2) is 4.79 Å². The minimum Gasteiger partial charge on any atom is -0.495 e. The van der Waals surface area contributed by atoms with Gasteiger partial charge >= 0.3 is 5.97 Å². The van der Waals surface area contributed by atoms with E-state index in [4.69, 9.17) is 9.47 Å². The Morgan fingerprint density at radius 2 is 1.76 bits per heavy atom. The molecule has 0 radical (unpaired) electrons. The third-order valence-corrected chi connectivity index (χ3v) is 5.10. The van der Waals surface area contributed by atoms with Crippen LogP contribution < -0.4 is 15.0 Å². The number of carbonyl (C=O) groups excluding carboxylic acids is 2. The molecule has 1 N–H and O–H groups in total. The van der Waals surface area contributed by atoms with Crippen LogP contribution in [0.15, 0.2) is 42.5 Å². The number of amides is 1. The summed E-state index contributed by atoms with van der Waals surface area (Å²) in [5.41, 5.74) is 3.02. The highest BCUT2D eigenvalue weighted by molar-refractivity contribution is 5.96. The minimum absolute atomic E-state index is 0.0964. The summed E-state index contributed by atoms with van der Waals surface area (Å²) in [6.07, 6.45) is 0. The van der Waals surface area contributed by atoms with Gasteiger partial charge in [-0.1, -0.05) is 18.2 Å². The van der Waals surface area contributed by atoms with E-state index in [0.717, 1.165) is 43.2 Å². The number of rotatable bonds is 6. The maximum atomic E-state index is 12.5. The fourth-order valence-electron chi connectivity index (χ4n) is 3.43. The first-order chi connectivity index (χ1) is 14.0. The summed E-state index contributed by atoms with van der Waals surface area (Å²) < 4.78 is 10.2. The molecule has 0 aliphatic carbocycles. The summed E-state index contributed by atoms with van der Waals surface area (Å²) in [5.74, 6) is 0.341. The molecule has 7 heteroatoms. The normalized spacial score (nSPS) is 14.4. The molecule has 29 heavy (non-hydrogen) atoms. The number of hydrogen-bond acceptors (Lipinski definition) is 6. The van der Waals surface area contributed by atoms with Crippen molar-refractivity contribution in [2.45, 2.75) is 6.92 Å². The first-order valence-corrected chi connectivity index (χ1v) is 9.61. The summed E-state index contributed by atoms with van der Waals surface area (Å²) in [7, 11) is 3.02. The molecule has 1 aliphatic rings. The van der Waals surface area contributed by atoms with Crippen molar-refractivity contribution >= 4 is 23.3 Å². The molecule has 1 aliphatic heterocycles. The molecular weight excluding hydrogens is 370 g/mol. The summed E-state index contributed by atoms with van der Waals surface area (Å²) in [5, 5.41) is 2.92. The highest BCUT2D eigenvalue weighted by Gasteiger charge is 2.21. The van der Waals surface area contributed by atoms with Gasteiger partial charge in [0.05, 0.1) is 32.0 Å². The van der Waals surface area contributed by atoms with E-state index < -0.39 is 5.97 Å². The standard InChI is InChI=1S/C22H27N3O4/c1-16-8-9-17(22(27)29-3)14-18(16)23-21(26)15-24-10-12-25(13-11-24)19-6-4-5-7-20(19)28-2/h4-9,14H,10-13,15H2,1-3H3,(H,23,26). The van der Waals surface area contributed by atoms with Crippen molar-refractivity contribution in [2.75, 3.05) is 57.2 Å². The number of esters is 1. The van der Waals surface area contributed by atoms with E-state index in [1.807, 2.05) is 25.1 Å². The molecule has 1 heterocycles. The average molecular weight is 397 g/mol. The molecule has 2 aromatic carbocycles. The first kappa shape index (κ1) is 20.7. The highest BCUT2D eigenvalue weighted by Crippen LogP contribution is 2.28. The third kappa shape index (κ3) is 5.06. The minimum atomic E-state index is -0.423. The molecular formula is C22H27N3O4. The Hall–Kier alpha value is -3.06. The van der Waals surface area contributed by atoms with Gasteiger partial charge in [0, 0.05) is 31.9 Å². The number of piperazine rings is 1. The smallest absolute Gasteiger partial charge is 0.337 e. The van der Waals surface area contributed by atoms with E-state index in [2.05, 4.69) is 21.2 Å². The maximum absolute atomic E-state index is 12.5. The second-order valence-corrected chi connectivity index (χ2v) is 7.00. The lowest BCUT2D eigenvalue weighted by atomic mass is 10.1. The number of carbonyl (C=O) groups is 2. The monoisotopic (exact) mass is 397 g/mol. The van der Waals surface area contributed by atoms with Gasteiger partial charge < -0.3 is 19.7 Å². The van der Waals surface area contributed by atoms with Crippen LogP contribution in [0.3, 0.4) is 0 Å². The third-order valence-electron chi connectivity index (χ3n) is 5.10. The maximum Gasteiger partial charge on any atom is 0.337 e. The number of benzene rings is 2. The van der Waals surface area contributed by atoms with Crippen LogP contribution in [0.4, 0.5) is 11.4 Å². The van der Waals surface area contributed by atoms with E-state index in [9.17, 15) is 9.59 Å². The van der Waals surface area contributed by atoms with E-state index in [1.165, 1.54) is 7.11 Å². The molecule has 3 rings (SSSR count). The lowest BCUT2D eigenvalue weighted by molar-refractivity contribution is -0.117. The Morgan fingerprint density at radius 1 is 1.03 bits per heavy atom. The molecule has 7 nitrogen and oxygen atoms in total. The summed E-state index contributed by atoms with van der Waals surface area (Å²) in [4.78, 5) is 28.7. The number of nitrogens with one attached hydrogen (secondary N) is 1. The Morgan fingerprint density at radius 3 is 2.45 bits per heavy atom. The van der Waals surface area contributed by atoms with Crippen LogP contribution in [0.1, 0.15) is 15.9 Å². The quantitative estimate of drug-likeness (QED) is 0.756. The van der Waals surface area contributed by atoms with Gasteiger partial charge in [0.2, 0.25) is 5.91 Å². The molecule has 0 atom stereocenters. The number of ether oxygens (including phenoxy) is 2. The topological polar surface area (TPSA) is 71.1 Å². The van der Waals surface area contributed by atoms with Crippen LogP contribution in [-0.2, 0) is 9.53 Å². The number of nitrogens with zero attached hydrogens (tertiary/aromatic N) is 2. The van der Waals surface area contributed by atoms with Crippen molar-refractivity contribution in [3.63, 3.8) is 0 Å². The average Bonchev–Trinajstić information content (AvgIpc) is 2.75. The van der Waals surface area contributed by atoms with E-state index in [1.54, 1.807) is 25.3 Å². The van der Waals surface area contributed by atoms with Gasteiger partial charge in [-0.05, 0) is 36.8 Å². The molecule has 1 fully saturated rings. The summed E-state index contributed by atoms with van der Waals surface area (Å²) in [6, 6.07) is 13.1. The Kier molecular flexibility index (Phi) is 6.72. The second kappa shape index (κ2) is 9.43. The van der Waals surface area contributed by atoms with Crippen molar-refractivity contribution in [1.82, 2.24) is 4.90 Å². The zero-order valence-electron chi connectivity index (χ0n) is 17.1. The van der Waals surface area contributed by atoms with Crippen molar-refractivity contribution in [1.29, 1.82) is 0 Å². The molecule has 0 bridgehead atoms. The Bertz CT molecular complexity index is 876. The Labute approximate surface area is 171 Å². The number of hydrogen-bond donors (Lipinski definition) is 1. The SMILES string of the molecule is COC(=O)c1ccc(C)c(NC(=O)CN2CCN(c3ccccc3OC)CC2)c1. The van der Waals surface area contributed by atoms with Crippen LogP contribution >= 0.6 is 0 Å². The predicted octanol–water partition coefficient (Wildman–Crippen LogP) is 2.55. The van der Waals surface area contributed by atoms with Gasteiger partial charge in [-0.3, -0.25) is 9.69 Å². The van der Waals surface area contributed by atoms with Crippen molar-refractivity contribution in [2.24, 2.45) is 0 Å². The fourth-order valence-corrected chi connectivity index (χ4v) is 3.43. The van der Waals surface area contributed by atoms with E-state index >= 15 is 0 Å². The fraction of sp³-hybridized carbons (Fsp3) is 0.364. The zero-order valence-corrected chi connectivity index (χ0v) is 17.1. The molecule has 0 aromatic heterocycles. The molecule has 1 saturated heterocycles. The first-order valence-electron chi connectivity index (χ1n) is 9.61. The largest absolute Gasteiger partial charge is 0.495 e. The zero-order chi connectivity index (χ0) is 20.8. The molecule has 1 amide bonds. The molecule has 2 aromatic rings. The predicted molar refractivity (Wildman–Crippen MR) is 113 cm³/mol. The van der Waals surface area contributed by atoms with Gasteiger partial charge in [0.15, 0.2) is 0 Å². The van der Waals surface area contributed by atoms with Crippen LogP contribution in [0.2, 0.25) is 0 Å². The van der Waals surface area contributed by atoms with Gasteiger partial charge in [-0.2, -0.15) is 0 Å². The van der Waals surface area contributed by atoms with Gasteiger partial charge in [0.25, 0.3) is 0 Å². The van der Waals surface area contributed by atoms with Crippen molar-refractivity contribution in [3.8, 4) is 5.75 Å².